The molecule has 25 heavy (non-hydrogen) atoms. The van der Waals surface area contributed by atoms with Gasteiger partial charge in [0.1, 0.15) is 5.02 Å². The molecule has 10 heteroatoms. The predicted molar refractivity (Wildman–Crippen MR) is 93.5 cm³/mol. The molecule has 0 bridgehead atoms. The number of rotatable bonds is 5. The number of esters is 1. The number of carbonyl (C=O) groups is 2. The van der Waals surface area contributed by atoms with Crippen LogP contribution in [0, 0.1) is 10.1 Å². The Morgan fingerprint density at radius 3 is 2.44 bits per heavy atom. The van der Waals surface area contributed by atoms with Crippen LogP contribution in [-0.4, -0.2) is 23.4 Å². The number of amides is 1. The van der Waals surface area contributed by atoms with Crippen LogP contribution in [0.15, 0.2) is 36.4 Å². The summed E-state index contributed by atoms with van der Waals surface area (Å²) in [4.78, 5) is 33.8. The molecule has 7 nitrogen and oxygen atoms in total. The Bertz CT molecular complexity index is 857. The molecule has 0 aromatic heterocycles. The molecule has 2 aromatic carbocycles. The number of nitro groups is 1. The standard InChI is InChI=1S/C15H9Cl3N2O5/c16-9-2-4-12(11(18)6-9)19-14(21)7-25-15(22)8-1-3-10(17)13(5-8)20(23)24/h1-6H,7H2,(H,19,21). The highest BCUT2D eigenvalue weighted by molar-refractivity contribution is 6.36. The minimum atomic E-state index is -0.905. The first-order valence-corrected chi connectivity index (χ1v) is 7.77. The zero-order valence-corrected chi connectivity index (χ0v) is 14.6. The fraction of sp³-hybridized carbons (Fsp3) is 0.0667. The van der Waals surface area contributed by atoms with Gasteiger partial charge in [-0.1, -0.05) is 34.8 Å². The highest BCUT2D eigenvalue weighted by atomic mass is 35.5. The summed E-state index contributed by atoms with van der Waals surface area (Å²) in [5.74, 6) is -1.54. The molecule has 2 aromatic rings. The molecule has 0 fully saturated rings. The van der Waals surface area contributed by atoms with E-state index in [1.54, 1.807) is 0 Å². The molecule has 0 radical (unpaired) electrons. The van der Waals surface area contributed by atoms with Crippen molar-refractivity contribution < 1.29 is 19.2 Å². The molecule has 2 rings (SSSR count). The molecule has 130 valence electrons. The van der Waals surface area contributed by atoms with Crippen molar-refractivity contribution in [3.63, 3.8) is 0 Å². The van der Waals surface area contributed by atoms with Gasteiger partial charge in [-0.05, 0) is 30.3 Å². The number of nitrogens with zero attached hydrogens (tertiary/aromatic N) is 1. The van der Waals surface area contributed by atoms with E-state index in [4.69, 9.17) is 39.5 Å². The van der Waals surface area contributed by atoms with Gasteiger partial charge in [0.25, 0.3) is 11.6 Å². The normalized spacial score (nSPS) is 10.2. The SMILES string of the molecule is O=C(COC(=O)c1ccc(Cl)c([N+](=O)[O-])c1)Nc1ccc(Cl)cc1Cl. The average Bonchev–Trinajstić information content (AvgIpc) is 2.55. The van der Waals surface area contributed by atoms with Crippen molar-refractivity contribution in [3.05, 3.63) is 67.1 Å². The number of carbonyl (C=O) groups excluding carboxylic acids is 2. The first-order chi connectivity index (χ1) is 11.8. The van der Waals surface area contributed by atoms with Crippen molar-refractivity contribution in [1.82, 2.24) is 0 Å². The molecule has 1 amide bonds. The lowest BCUT2D eigenvalue weighted by Crippen LogP contribution is -2.21. The topological polar surface area (TPSA) is 98.5 Å². The Morgan fingerprint density at radius 2 is 1.80 bits per heavy atom. The van der Waals surface area contributed by atoms with E-state index in [2.05, 4.69) is 5.32 Å². The zero-order valence-electron chi connectivity index (χ0n) is 12.3. The highest BCUT2D eigenvalue weighted by Crippen LogP contribution is 2.26. The van der Waals surface area contributed by atoms with Crippen LogP contribution >= 0.6 is 34.8 Å². The van der Waals surface area contributed by atoms with Gasteiger partial charge >= 0.3 is 5.97 Å². The van der Waals surface area contributed by atoms with Gasteiger partial charge < -0.3 is 10.1 Å². The summed E-state index contributed by atoms with van der Waals surface area (Å²) in [6.45, 7) is -0.603. The first kappa shape index (κ1) is 19.0. The molecule has 0 spiro atoms. The molecule has 0 aliphatic carbocycles. The molecule has 0 saturated heterocycles. The summed E-state index contributed by atoms with van der Waals surface area (Å²) in [5, 5.41) is 13.8. The number of nitrogens with one attached hydrogen (secondary N) is 1. The Balaban J connectivity index is 1.98. The average molecular weight is 404 g/mol. The van der Waals surface area contributed by atoms with Gasteiger partial charge in [0.05, 0.1) is 21.2 Å². The molecule has 0 saturated carbocycles. The van der Waals surface area contributed by atoms with E-state index >= 15 is 0 Å². The van der Waals surface area contributed by atoms with Crippen LogP contribution in [0.2, 0.25) is 15.1 Å². The third-order valence-corrected chi connectivity index (χ3v) is 3.79. The van der Waals surface area contributed by atoms with E-state index < -0.39 is 29.1 Å². The minimum Gasteiger partial charge on any atom is -0.452 e. The number of ether oxygens (including phenoxy) is 1. The Kier molecular flexibility index (Phi) is 6.19. The maximum Gasteiger partial charge on any atom is 0.338 e. The van der Waals surface area contributed by atoms with Gasteiger partial charge in [-0.25, -0.2) is 4.79 Å². The molecular weight excluding hydrogens is 395 g/mol. The molecular formula is C15H9Cl3N2O5. The Labute approximate surface area is 156 Å². The maximum atomic E-state index is 11.9. The minimum absolute atomic E-state index is 0.103. The van der Waals surface area contributed by atoms with Gasteiger partial charge in [0.2, 0.25) is 0 Å². The third-order valence-electron chi connectivity index (χ3n) is 2.92. The van der Waals surface area contributed by atoms with Crippen molar-refractivity contribution >= 4 is 58.1 Å². The van der Waals surface area contributed by atoms with Crippen LogP contribution in [0.25, 0.3) is 0 Å². The molecule has 0 aliphatic heterocycles. The van der Waals surface area contributed by atoms with Gasteiger partial charge in [-0.3, -0.25) is 14.9 Å². The van der Waals surface area contributed by atoms with E-state index in [9.17, 15) is 19.7 Å². The smallest absolute Gasteiger partial charge is 0.338 e. The van der Waals surface area contributed by atoms with Crippen molar-refractivity contribution in [3.8, 4) is 0 Å². The monoisotopic (exact) mass is 402 g/mol. The summed E-state index contributed by atoms with van der Waals surface area (Å²) in [6, 6.07) is 7.89. The molecule has 0 atom stereocenters. The molecule has 0 aliphatic rings. The number of nitro benzene ring substituents is 1. The summed E-state index contributed by atoms with van der Waals surface area (Å²) < 4.78 is 4.81. The van der Waals surface area contributed by atoms with Crippen LogP contribution < -0.4 is 5.32 Å². The van der Waals surface area contributed by atoms with Crippen molar-refractivity contribution in [2.45, 2.75) is 0 Å². The lowest BCUT2D eigenvalue weighted by molar-refractivity contribution is -0.384. The van der Waals surface area contributed by atoms with E-state index in [1.165, 1.54) is 30.3 Å². The third kappa shape index (κ3) is 5.06. The highest BCUT2D eigenvalue weighted by Gasteiger charge is 2.18. The van der Waals surface area contributed by atoms with Crippen LogP contribution in [0.1, 0.15) is 10.4 Å². The first-order valence-electron chi connectivity index (χ1n) is 6.64. The van der Waals surface area contributed by atoms with Gasteiger partial charge in [0.15, 0.2) is 6.61 Å². The number of halogens is 3. The fourth-order valence-corrected chi connectivity index (χ4v) is 2.41. The lowest BCUT2D eigenvalue weighted by Gasteiger charge is -2.08. The zero-order chi connectivity index (χ0) is 18.6. The molecule has 1 N–H and O–H groups in total. The summed E-state index contributed by atoms with van der Waals surface area (Å²) in [6.07, 6.45) is 0. The molecule has 0 unspecified atom stereocenters. The van der Waals surface area contributed by atoms with E-state index in [0.717, 1.165) is 6.07 Å². The van der Waals surface area contributed by atoms with Crippen molar-refractivity contribution in [2.75, 3.05) is 11.9 Å². The number of anilines is 1. The number of hydrogen-bond donors (Lipinski definition) is 1. The summed E-state index contributed by atoms with van der Waals surface area (Å²) in [5.41, 5.74) is -0.240. The largest absolute Gasteiger partial charge is 0.452 e. The Hall–Kier alpha value is -2.35. The maximum absolute atomic E-state index is 11.9. The summed E-state index contributed by atoms with van der Waals surface area (Å²) in [7, 11) is 0. The fourth-order valence-electron chi connectivity index (χ4n) is 1.77. The predicted octanol–water partition coefficient (Wildman–Crippen LogP) is 4.35. The second-order valence-electron chi connectivity index (χ2n) is 4.67. The van der Waals surface area contributed by atoms with Gasteiger partial charge in [0, 0.05) is 11.1 Å². The van der Waals surface area contributed by atoms with E-state index in [1.807, 2.05) is 0 Å². The number of benzene rings is 2. The quantitative estimate of drug-likeness (QED) is 0.454. The van der Waals surface area contributed by atoms with Crippen molar-refractivity contribution in [2.24, 2.45) is 0 Å². The van der Waals surface area contributed by atoms with Gasteiger partial charge in [-0.2, -0.15) is 0 Å². The Morgan fingerprint density at radius 1 is 1.08 bits per heavy atom. The number of hydrogen-bond acceptors (Lipinski definition) is 5. The van der Waals surface area contributed by atoms with E-state index in [-0.39, 0.29) is 15.6 Å². The van der Waals surface area contributed by atoms with Crippen LogP contribution in [0.4, 0.5) is 11.4 Å². The second-order valence-corrected chi connectivity index (χ2v) is 5.92. The second kappa shape index (κ2) is 8.15. The summed E-state index contributed by atoms with van der Waals surface area (Å²) >= 11 is 17.3. The van der Waals surface area contributed by atoms with Crippen LogP contribution in [0.5, 0.6) is 0 Å². The molecule has 0 heterocycles. The van der Waals surface area contributed by atoms with Crippen LogP contribution in [-0.2, 0) is 9.53 Å². The van der Waals surface area contributed by atoms with E-state index in [0.29, 0.717) is 10.7 Å². The van der Waals surface area contributed by atoms with Crippen molar-refractivity contribution in [1.29, 1.82) is 0 Å². The van der Waals surface area contributed by atoms with Crippen LogP contribution in [0.3, 0.4) is 0 Å². The lowest BCUT2D eigenvalue weighted by atomic mass is 10.2. The van der Waals surface area contributed by atoms with Gasteiger partial charge in [-0.15, -0.1) is 0 Å².